The zero-order valence-corrected chi connectivity index (χ0v) is 18.6. The average Bonchev–Trinajstić information content (AvgIpc) is 3.49. The molecule has 0 bridgehead atoms. The van der Waals surface area contributed by atoms with Gasteiger partial charge < -0.3 is 9.72 Å². The summed E-state index contributed by atoms with van der Waals surface area (Å²) in [5.74, 6) is 0.359. The van der Waals surface area contributed by atoms with Crippen LogP contribution in [-0.2, 0) is 6.61 Å². The molecule has 0 atom stereocenters. The lowest BCUT2D eigenvalue weighted by atomic mass is 10.1. The highest BCUT2D eigenvalue weighted by Gasteiger charge is 2.12. The smallest absolute Gasteiger partial charge is 0.289 e. The number of para-hydroxylation sites is 1. The van der Waals surface area contributed by atoms with Gasteiger partial charge in [-0.1, -0.05) is 60.7 Å². The molecule has 0 aliphatic rings. The molecule has 0 unspecified atom stereocenters. The van der Waals surface area contributed by atoms with E-state index in [9.17, 15) is 4.79 Å². The van der Waals surface area contributed by atoms with Crippen LogP contribution < -0.4 is 10.2 Å². The Balaban J connectivity index is 1.25. The van der Waals surface area contributed by atoms with E-state index in [2.05, 4.69) is 25.7 Å². The Morgan fingerprint density at radius 2 is 1.85 bits per heavy atom. The summed E-state index contributed by atoms with van der Waals surface area (Å²) in [6.45, 7) is 2.45. The molecule has 34 heavy (non-hydrogen) atoms. The number of aromatic nitrogens is 3. The van der Waals surface area contributed by atoms with Gasteiger partial charge in [0.25, 0.3) is 5.91 Å². The van der Waals surface area contributed by atoms with Crippen molar-refractivity contribution in [3.05, 3.63) is 107 Å². The summed E-state index contributed by atoms with van der Waals surface area (Å²) < 4.78 is 5.90. The van der Waals surface area contributed by atoms with Gasteiger partial charge in [0.05, 0.1) is 11.9 Å². The maximum atomic E-state index is 12.6. The fourth-order valence-corrected chi connectivity index (χ4v) is 3.75. The number of hydrogen-bond donors (Lipinski definition) is 3. The Morgan fingerprint density at radius 1 is 1.03 bits per heavy atom. The van der Waals surface area contributed by atoms with E-state index in [0.29, 0.717) is 18.0 Å². The number of aromatic amines is 2. The zero-order valence-electron chi connectivity index (χ0n) is 18.6. The standard InChI is InChI=1S/C27H23N5O2/c1-18-23(22-12-5-6-13-24(22)29-18)16-28-32-27(33)26-15-25(30-31-26)20-10-7-11-21(14-20)34-17-19-8-3-2-4-9-19/h2-16,29H,17H2,1H3,(H,30,31)(H,32,33)/b28-16+. The fraction of sp³-hybridized carbons (Fsp3) is 0.0741. The lowest BCUT2D eigenvalue weighted by molar-refractivity contribution is 0.0950. The van der Waals surface area contributed by atoms with Crippen molar-refractivity contribution in [3.63, 3.8) is 0 Å². The highest BCUT2D eigenvalue weighted by molar-refractivity contribution is 6.01. The summed E-state index contributed by atoms with van der Waals surface area (Å²) in [4.78, 5) is 15.9. The van der Waals surface area contributed by atoms with Gasteiger partial charge in [0.2, 0.25) is 0 Å². The third kappa shape index (κ3) is 4.59. The van der Waals surface area contributed by atoms with Crippen LogP contribution in [0, 0.1) is 6.92 Å². The van der Waals surface area contributed by atoms with Crippen molar-refractivity contribution in [2.24, 2.45) is 5.10 Å². The van der Waals surface area contributed by atoms with E-state index in [1.165, 1.54) is 0 Å². The van der Waals surface area contributed by atoms with Gasteiger partial charge >= 0.3 is 0 Å². The van der Waals surface area contributed by atoms with E-state index >= 15 is 0 Å². The Hall–Kier alpha value is -4.65. The second-order valence-electron chi connectivity index (χ2n) is 7.88. The molecule has 5 rings (SSSR count). The number of H-pyrrole nitrogens is 2. The van der Waals surface area contributed by atoms with Crippen LogP contribution in [0.15, 0.2) is 90.0 Å². The highest BCUT2D eigenvalue weighted by atomic mass is 16.5. The van der Waals surface area contributed by atoms with E-state index in [1.54, 1.807) is 12.3 Å². The molecule has 2 heterocycles. The quantitative estimate of drug-likeness (QED) is 0.235. The topological polar surface area (TPSA) is 95.2 Å². The number of benzene rings is 3. The van der Waals surface area contributed by atoms with E-state index < -0.39 is 0 Å². The lowest BCUT2D eigenvalue weighted by Crippen LogP contribution is -2.18. The van der Waals surface area contributed by atoms with Gasteiger partial charge in [-0.25, -0.2) is 5.43 Å². The molecule has 0 fully saturated rings. The van der Waals surface area contributed by atoms with Gasteiger partial charge in [-0.2, -0.15) is 10.2 Å². The molecule has 3 aromatic carbocycles. The van der Waals surface area contributed by atoms with Crippen LogP contribution in [0.1, 0.15) is 27.3 Å². The summed E-state index contributed by atoms with van der Waals surface area (Å²) in [7, 11) is 0. The predicted octanol–water partition coefficient (Wildman–Crippen LogP) is 5.21. The molecule has 7 heteroatoms. The molecule has 0 saturated carbocycles. The minimum atomic E-state index is -0.371. The molecule has 2 aromatic heterocycles. The van der Waals surface area contributed by atoms with E-state index in [-0.39, 0.29) is 5.91 Å². The van der Waals surface area contributed by atoms with Gasteiger partial charge in [-0.05, 0) is 36.8 Å². The van der Waals surface area contributed by atoms with Crippen LogP contribution >= 0.6 is 0 Å². The number of hydrazone groups is 1. The van der Waals surface area contributed by atoms with Crippen molar-refractivity contribution in [1.29, 1.82) is 0 Å². The average molecular weight is 450 g/mol. The maximum Gasteiger partial charge on any atom is 0.289 e. The second-order valence-corrected chi connectivity index (χ2v) is 7.88. The van der Waals surface area contributed by atoms with Crippen molar-refractivity contribution < 1.29 is 9.53 Å². The number of amides is 1. The summed E-state index contributed by atoms with van der Waals surface area (Å²) in [6, 6.07) is 27.3. The maximum absolute atomic E-state index is 12.6. The highest BCUT2D eigenvalue weighted by Crippen LogP contribution is 2.24. The normalized spacial score (nSPS) is 11.2. The number of nitrogens with one attached hydrogen (secondary N) is 3. The summed E-state index contributed by atoms with van der Waals surface area (Å²) in [5.41, 5.74) is 8.42. The van der Waals surface area contributed by atoms with Gasteiger partial charge in [0.15, 0.2) is 0 Å². The van der Waals surface area contributed by atoms with E-state index in [4.69, 9.17) is 4.74 Å². The number of rotatable bonds is 7. The van der Waals surface area contributed by atoms with Gasteiger partial charge in [0.1, 0.15) is 18.1 Å². The molecule has 0 spiro atoms. The molecule has 168 valence electrons. The van der Waals surface area contributed by atoms with Gasteiger partial charge in [-0.15, -0.1) is 0 Å². The number of nitrogens with zero attached hydrogens (tertiary/aromatic N) is 2. The number of hydrogen-bond acceptors (Lipinski definition) is 4. The van der Waals surface area contributed by atoms with Crippen molar-refractivity contribution in [3.8, 4) is 17.0 Å². The first-order valence-corrected chi connectivity index (χ1v) is 10.9. The SMILES string of the molecule is Cc1[nH]c2ccccc2c1/C=N/NC(=O)c1cc(-c2cccc(OCc3ccccc3)c2)n[nH]1. The first-order chi connectivity index (χ1) is 16.7. The molecular weight excluding hydrogens is 426 g/mol. The Bertz CT molecular complexity index is 1470. The molecule has 0 radical (unpaired) electrons. The third-order valence-corrected chi connectivity index (χ3v) is 5.50. The third-order valence-electron chi connectivity index (χ3n) is 5.50. The van der Waals surface area contributed by atoms with Crippen LogP contribution in [0.4, 0.5) is 0 Å². The van der Waals surface area contributed by atoms with E-state index in [1.807, 2.05) is 85.8 Å². The molecule has 3 N–H and O–H groups in total. The summed E-state index contributed by atoms with van der Waals surface area (Å²) >= 11 is 0. The lowest BCUT2D eigenvalue weighted by Gasteiger charge is -2.07. The largest absolute Gasteiger partial charge is 0.489 e. The Morgan fingerprint density at radius 3 is 2.74 bits per heavy atom. The molecule has 5 aromatic rings. The van der Waals surface area contributed by atoms with Crippen LogP contribution in [0.3, 0.4) is 0 Å². The number of carbonyl (C=O) groups excluding carboxylic acids is 1. The van der Waals surface area contributed by atoms with Crippen LogP contribution in [-0.4, -0.2) is 27.3 Å². The second kappa shape index (κ2) is 9.46. The van der Waals surface area contributed by atoms with Crippen molar-refractivity contribution in [1.82, 2.24) is 20.6 Å². The summed E-state index contributed by atoms with van der Waals surface area (Å²) in [6.07, 6.45) is 1.65. The van der Waals surface area contributed by atoms with Crippen LogP contribution in [0.2, 0.25) is 0 Å². The van der Waals surface area contributed by atoms with E-state index in [0.717, 1.165) is 39.0 Å². The molecule has 7 nitrogen and oxygen atoms in total. The van der Waals surface area contributed by atoms with Gasteiger partial charge in [-0.3, -0.25) is 9.89 Å². The number of aryl methyl sites for hydroxylation is 1. The minimum absolute atomic E-state index is 0.318. The number of carbonyl (C=O) groups is 1. The number of ether oxygens (including phenoxy) is 1. The zero-order chi connectivity index (χ0) is 23.3. The molecular formula is C27H23N5O2. The van der Waals surface area contributed by atoms with Gasteiger partial charge in [0, 0.05) is 27.7 Å². The van der Waals surface area contributed by atoms with Crippen molar-refractivity contribution >= 4 is 23.0 Å². The number of fused-ring (bicyclic) bond motifs is 1. The van der Waals surface area contributed by atoms with Crippen molar-refractivity contribution in [2.45, 2.75) is 13.5 Å². The minimum Gasteiger partial charge on any atom is -0.489 e. The first kappa shape index (κ1) is 21.2. The first-order valence-electron chi connectivity index (χ1n) is 10.9. The van der Waals surface area contributed by atoms with Crippen LogP contribution in [0.25, 0.3) is 22.2 Å². The Labute approximate surface area is 196 Å². The Kier molecular flexibility index (Phi) is 5.90. The van der Waals surface area contributed by atoms with Crippen molar-refractivity contribution in [2.75, 3.05) is 0 Å². The monoisotopic (exact) mass is 449 g/mol. The molecule has 0 aliphatic heterocycles. The molecule has 0 aliphatic carbocycles. The predicted molar refractivity (Wildman–Crippen MR) is 133 cm³/mol. The summed E-state index contributed by atoms with van der Waals surface area (Å²) in [5, 5.41) is 12.3. The molecule has 0 saturated heterocycles. The van der Waals surface area contributed by atoms with Crippen LogP contribution in [0.5, 0.6) is 5.75 Å². The fourth-order valence-electron chi connectivity index (χ4n) is 3.75. The molecule has 1 amide bonds.